The van der Waals surface area contributed by atoms with Crippen molar-refractivity contribution in [2.45, 2.75) is 30.6 Å². The molecule has 5 nitrogen and oxygen atoms in total. The molecule has 2 atom stereocenters. The first kappa shape index (κ1) is 11.3. The minimum atomic E-state index is -3.18. The van der Waals surface area contributed by atoms with Crippen LogP contribution in [0.15, 0.2) is 0 Å². The molecule has 0 aromatic carbocycles. The van der Waals surface area contributed by atoms with Crippen LogP contribution in [0.25, 0.3) is 0 Å². The van der Waals surface area contributed by atoms with Gasteiger partial charge in [-0.15, -0.1) is 0 Å². The van der Waals surface area contributed by atoms with E-state index in [-0.39, 0.29) is 11.8 Å². The summed E-state index contributed by atoms with van der Waals surface area (Å²) in [5.74, 6) is 0. The molecule has 0 saturated carbocycles. The molecule has 2 aliphatic rings. The van der Waals surface area contributed by atoms with Gasteiger partial charge in [-0.05, 0) is 25.8 Å². The molecule has 2 fully saturated rings. The van der Waals surface area contributed by atoms with Crippen LogP contribution < -0.4 is 5.32 Å². The lowest BCUT2D eigenvalue weighted by atomic mass is 10.1. The van der Waals surface area contributed by atoms with Crippen LogP contribution in [0, 0.1) is 0 Å². The highest BCUT2D eigenvalue weighted by Crippen LogP contribution is 2.20. The summed E-state index contributed by atoms with van der Waals surface area (Å²) in [7, 11) is -3.18. The van der Waals surface area contributed by atoms with Crippen molar-refractivity contribution in [1.29, 1.82) is 0 Å². The van der Waals surface area contributed by atoms with Crippen LogP contribution in [-0.4, -0.2) is 55.4 Å². The highest BCUT2D eigenvalue weighted by molar-refractivity contribution is 7.89. The van der Waals surface area contributed by atoms with E-state index in [1.54, 1.807) is 0 Å². The molecule has 88 valence electrons. The fourth-order valence-corrected chi connectivity index (χ4v) is 4.17. The zero-order chi connectivity index (χ0) is 10.9. The van der Waals surface area contributed by atoms with Gasteiger partial charge in [0.25, 0.3) is 0 Å². The monoisotopic (exact) mass is 234 g/mol. The van der Waals surface area contributed by atoms with Gasteiger partial charge in [-0.25, -0.2) is 8.42 Å². The van der Waals surface area contributed by atoms with Crippen LogP contribution in [0.4, 0.5) is 0 Å². The van der Waals surface area contributed by atoms with Gasteiger partial charge in [-0.1, -0.05) is 0 Å². The maximum atomic E-state index is 12.1. The number of hydrogen-bond acceptors (Lipinski definition) is 4. The third-order valence-electron chi connectivity index (χ3n) is 3.16. The normalized spacial score (nSPS) is 34.5. The SMILES string of the molecule is O=S(=O)(C1CCNC1)N1CCCC(O)C1. The second-order valence-corrected chi connectivity index (χ2v) is 6.53. The van der Waals surface area contributed by atoms with Crippen LogP contribution in [0.3, 0.4) is 0 Å². The molecule has 0 aromatic heterocycles. The Morgan fingerprint density at radius 3 is 2.73 bits per heavy atom. The van der Waals surface area contributed by atoms with E-state index in [0.29, 0.717) is 19.5 Å². The van der Waals surface area contributed by atoms with Crippen LogP contribution in [0.5, 0.6) is 0 Å². The first-order valence-electron chi connectivity index (χ1n) is 5.48. The summed E-state index contributed by atoms with van der Waals surface area (Å²) in [6.07, 6.45) is 1.69. The number of rotatable bonds is 2. The van der Waals surface area contributed by atoms with Crippen LogP contribution in [-0.2, 0) is 10.0 Å². The second kappa shape index (κ2) is 4.37. The molecule has 2 heterocycles. The Bertz CT molecular complexity index is 311. The Kier molecular flexibility index (Phi) is 3.30. The van der Waals surface area contributed by atoms with Gasteiger partial charge in [-0.3, -0.25) is 0 Å². The number of aliphatic hydroxyl groups is 1. The summed E-state index contributed by atoms with van der Waals surface area (Å²) in [6.45, 7) is 2.17. The summed E-state index contributed by atoms with van der Waals surface area (Å²) < 4.78 is 25.7. The number of β-amino-alcohol motifs (C(OH)–C–C–N with tert-alkyl or cyclic N) is 1. The fourth-order valence-electron chi connectivity index (χ4n) is 2.25. The molecule has 15 heavy (non-hydrogen) atoms. The van der Waals surface area contributed by atoms with E-state index < -0.39 is 16.1 Å². The van der Waals surface area contributed by atoms with Gasteiger partial charge in [0.2, 0.25) is 10.0 Å². The number of sulfonamides is 1. The molecule has 0 bridgehead atoms. The Hall–Kier alpha value is -0.170. The van der Waals surface area contributed by atoms with Crippen molar-refractivity contribution in [3.05, 3.63) is 0 Å². The summed E-state index contributed by atoms with van der Waals surface area (Å²) in [6, 6.07) is 0. The number of aliphatic hydroxyl groups excluding tert-OH is 1. The molecule has 0 radical (unpaired) electrons. The Morgan fingerprint density at radius 1 is 1.33 bits per heavy atom. The quantitative estimate of drug-likeness (QED) is 0.652. The van der Waals surface area contributed by atoms with E-state index in [0.717, 1.165) is 19.4 Å². The van der Waals surface area contributed by atoms with Crippen molar-refractivity contribution < 1.29 is 13.5 Å². The predicted octanol–water partition coefficient (Wildman–Crippen LogP) is -0.865. The van der Waals surface area contributed by atoms with Gasteiger partial charge in [0, 0.05) is 19.6 Å². The van der Waals surface area contributed by atoms with E-state index in [1.165, 1.54) is 4.31 Å². The van der Waals surface area contributed by atoms with Crippen molar-refractivity contribution in [2.24, 2.45) is 0 Å². The topological polar surface area (TPSA) is 69.6 Å². The molecule has 2 saturated heterocycles. The molecular weight excluding hydrogens is 216 g/mol. The van der Waals surface area contributed by atoms with Crippen molar-refractivity contribution in [3.8, 4) is 0 Å². The van der Waals surface area contributed by atoms with Crippen molar-refractivity contribution in [1.82, 2.24) is 9.62 Å². The highest BCUT2D eigenvalue weighted by atomic mass is 32.2. The molecule has 2 rings (SSSR count). The third kappa shape index (κ3) is 2.33. The van der Waals surface area contributed by atoms with Gasteiger partial charge in [-0.2, -0.15) is 4.31 Å². The number of nitrogens with zero attached hydrogens (tertiary/aromatic N) is 1. The highest BCUT2D eigenvalue weighted by Gasteiger charge is 2.36. The van der Waals surface area contributed by atoms with E-state index in [2.05, 4.69) is 5.32 Å². The minimum Gasteiger partial charge on any atom is -0.392 e. The molecule has 0 aliphatic carbocycles. The molecule has 2 aliphatic heterocycles. The first-order chi connectivity index (χ1) is 7.10. The van der Waals surface area contributed by atoms with Crippen molar-refractivity contribution in [2.75, 3.05) is 26.2 Å². The Balaban J connectivity index is 2.07. The summed E-state index contributed by atoms with van der Waals surface area (Å²) in [5, 5.41) is 12.2. The zero-order valence-electron chi connectivity index (χ0n) is 8.72. The van der Waals surface area contributed by atoms with Gasteiger partial charge >= 0.3 is 0 Å². The van der Waals surface area contributed by atoms with Gasteiger partial charge in [0.1, 0.15) is 0 Å². The fraction of sp³-hybridized carbons (Fsp3) is 1.00. The number of piperidine rings is 1. The Morgan fingerprint density at radius 2 is 2.13 bits per heavy atom. The van der Waals surface area contributed by atoms with Crippen LogP contribution in [0.2, 0.25) is 0 Å². The maximum absolute atomic E-state index is 12.1. The largest absolute Gasteiger partial charge is 0.392 e. The number of hydrogen-bond donors (Lipinski definition) is 2. The van der Waals surface area contributed by atoms with Gasteiger partial charge in [0.15, 0.2) is 0 Å². The maximum Gasteiger partial charge on any atom is 0.218 e. The van der Waals surface area contributed by atoms with Crippen LogP contribution >= 0.6 is 0 Å². The van der Waals surface area contributed by atoms with Crippen molar-refractivity contribution in [3.63, 3.8) is 0 Å². The average Bonchev–Trinajstić information content (AvgIpc) is 2.71. The zero-order valence-corrected chi connectivity index (χ0v) is 9.54. The molecule has 0 aromatic rings. The van der Waals surface area contributed by atoms with E-state index in [4.69, 9.17) is 0 Å². The first-order valence-corrected chi connectivity index (χ1v) is 6.99. The second-order valence-electron chi connectivity index (χ2n) is 4.31. The lowest BCUT2D eigenvalue weighted by Gasteiger charge is -2.31. The third-order valence-corrected chi connectivity index (χ3v) is 5.45. The van der Waals surface area contributed by atoms with E-state index in [1.807, 2.05) is 0 Å². The molecule has 6 heteroatoms. The van der Waals surface area contributed by atoms with Gasteiger partial charge in [0.05, 0.1) is 11.4 Å². The van der Waals surface area contributed by atoms with Gasteiger partial charge < -0.3 is 10.4 Å². The van der Waals surface area contributed by atoms with Crippen molar-refractivity contribution >= 4 is 10.0 Å². The van der Waals surface area contributed by atoms with Crippen LogP contribution in [0.1, 0.15) is 19.3 Å². The lowest BCUT2D eigenvalue weighted by Crippen LogP contribution is -2.46. The smallest absolute Gasteiger partial charge is 0.218 e. The average molecular weight is 234 g/mol. The predicted molar refractivity (Wildman–Crippen MR) is 57.0 cm³/mol. The summed E-state index contributed by atoms with van der Waals surface area (Å²) in [4.78, 5) is 0. The van der Waals surface area contributed by atoms with E-state index >= 15 is 0 Å². The molecule has 0 spiro atoms. The molecule has 0 amide bonds. The molecule has 2 N–H and O–H groups in total. The lowest BCUT2D eigenvalue weighted by molar-refractivity contribution is 0.107. The molecule has 2 unspecified atom stereocenters. The summed E-state index contributed by atoms with van der Waals surface area (Å²) >= 11 is 0. The number of nitrogens with one attached hydrogen (secondary N) is 1. The summed E-state index contributed by atoms with van der Waals surface area (Å²) in [5.41, 5.74) is 0. The molecular formula is C9H18N2O3S. The minimum absolute atomic E-state index is 0.277. The standard InChI is InChI=1S/C9H18N2O3S/c12-8-2-1-5-11(7-8)15(13,14)9-3-4-10-6-9/h8-10,12H,1-7H2. The Labute approximate surface area is 90.5 Å². The van der Waals surface area contributed by atoms with E-state index in [9.17, 15) is 13.5 Å².